The fraction of sp³-hybridized carbons (Fsp3) is 0.0588. The summed E-state index contributed by atoms with van der Waals surface area (Å²) in [7, 11) is 0. The third-order valence-corrected chi connectivity index (χ3v) is 5.44. The van der Waals surface area contributed by atoms with Crippen LogP contribution in [0.25, 0.3) is 10.8 Å². The highest BCUT2D eigenvalue weighted by molar-refractivity contribution is 14.1. The van der Waals surface area contributed by atoms with Crippen molar-refractivity contribution in [3.8, 4) is 0 Å². The van der Waals surface area contributed by atoms with Gasteiger partial charge >= 0.3 is 0 Å². The summed E-state index contributed by atoms with van der Waals surface area (Å²) in [6, 6.07) is 18.0. The molecule has 1 nitrogen and oxygen atoms in total. The fourth-order valence-electron chi connectivity index (χ4n) is 2.48. The average molecular weight is 473 g/mol. The molecule has 4 heteroatoms. The average Bonchev–Trinajstić information content (AvgIpc) is 2.50. The van der Waals surface area contributed by atoms with E-state index in [1.165, 1.54) is 5.39 Å². The molecule has 0 saturated heterocycles. The van der Waals surface area contributed by atoms with Crippen LogP contribution in [0.3, 0.4) is 0 Å². The van der Waals surface area contributed by atoms with E-state index in [1.54, 1.807) is 0 Å². The Balaban J connectivity index is 2.20. The van der Waals surface area contributed by atoms with Gasteiger partial charge in [0.2, 0.25) is 0 Å². The molecular weight excluding hydrogens is 460 g/mol. The van der Waals surface area contributed by atoms with Crippen LogP contribution in [0.2, 0.25) is 5.02 Å². The maximum Gasteiger partial charge on any atom is 0.0568 e. The first kappa shape index (κ1) is 15.3. The van der Waals surface area contributed by atoms with Gasteiger partial charge in [-0.15, -0.1) is 0 Å². The highest BCUT2D eigenvalue weighted by atomic mass is 127. The molecule has 21 heavy (non-hydrogen) atoms. The van der Waals surface area contributed by atoms with Crippen molar-refractivity contribution in [1.29, 1.82) is 0 Å². The highest BCUT2D eigenvalue weighted by Crippen LogP contribution is 2.34. The smallest absolute Gasteiger partial charge is 0.0568 e. The predicted molar refractivity (Wildman–Crippen MR) is 102 cm³/mol. The minimum absolute atomic E-state index is 0.200. The fourth-order valence-corrected chi connectivity index (χ4v) is 3.81. The Morgan fingerprint density at radius 1 is 0.952 bits per heavy atom. The van der Waals surface area contributed by atoms with Crippen LogP contribution < -0.4 is 5.73 Å². The molecule has 0 aromatic heterocycles. The lowest BCUT2D eigenvalue weighted by Crippen LogP contribution is -2.14. The number of hydrogen-bond donors (Lipinski definition) is 1. The summed E-state index contributed by atoms with van der Waals surface area (Å²) in [5.74, 6) is 0. The molecule has 0 amide bonds. The normalized spacial score (nSPS) is 12.6. The van der Waals surface area contributed by atoms with E-state index in [4.69, 9.17) is 17.3 Å². The molecule has 0 saturated carbocycles. The van der Waals surface area contributed by atoms with E-state index in [0.717, 1.165) is 24.6 Å². The van der Waals surface area contributed by atoms with Crippen molar-refractivity contribution in [2.24, 2.45) is 5.73 Å². The van der Waals surface area contributed by atoms with E-state index in [1.807, 2.05) is 30.3 Å². The number of benzene rings is 3. The van der Waals surface area contributed by atoms with Gasteiger partial charge < -0.3 is 5.73 Å². The van der Waals surface area contributed by atoms with Gasteiger partial charge in [-0.1, -0.05) is 57.9 Å². The molecule has 1 unspecified atom stereocenters. The number of nitrogens with two attached hydrogens (primary N) is 1. The van der Waals surface area contributed by atoms with Crippen molar-refractivity contribution in [3.05, 3.63) is 78.8 Å². The largest absolute Gasteiger partial charge is 0.320 e. The summed E-state index contributed by atoms with van der Waals surface area (Å²) in [6.45, 7) is 0. The number of hydrogen-bond acceptors (Lipinski definition) is 1. The van der Waals surface area contributed by atoms with Crippen molar-refractivity contribution in [1.82, 2.24) is 0 Å². The third kappa shape index (κ3) is 2.97. The molecule has 106 valence electrons. The van der Waals surface area contributed by atoms with E-state index in [9.17, 15) is 0 Å². The maximum absolute atomic E-state index is 6.52. The van der Waals surface area contributed by atoms with Gasteiger partial charge in [0.05, 0.1) is 6.04 Å². The molecule has 2 N–H and O–H groups in total. The topological polar surface area (TPSA) is 26.0 Å². The van der Waals surface area contributed by atoms with Gasteiger partial charge in [-0.3, -0.25) is 0 Å². The zero-order valence-electron chi connectivity index (χ0n) is 11.0. The number of fused-ring (bicyclic) bond motifs is 1. The highest BCUT2D eigenvalue weighted by Gasteiger charge is 2.16. The lowest BCUT2D eigenvalue weighted by molar-refractivity contribution is 0.874. The molecule has 0 fully saturated rings. The van der Waals surface area contributed by atoms with Gasteiger partial charge in [0.25, 0.3) is 0 Å². The molecule has 1 atom stereocenters. The van der Waals surface area contributed by atoms with E-state index in [2.05, 4.69) is 62.8 Å². The van der Waals surface area contributed by atoms with Crippen molar-refractivity contribution < 1.29 is 0 Å². The molecule has 0 aliphatic carbocycles. The molecule has 0 aliphatic rings. The molecule has 0 aliphatic heterocycles. The minimum atomic E-state index is -0.200. The summed E-state index contributed by atoms with van der Waals surface area (Å²) in [4.78, 5) is 0. The Morgan fingerprint density at radius 3 is 2.43 bits per heavy atom. The van der Waals surface area contributed by atoms with Gasteiger partial charge in [-0.25, -0.2) is 0 Å². The second-order valence-corrected chi connectivity index (χ2v) is 7.28. The second-order valence-electron chi connectivity index (χ2n) is 4.83. The zero-order valence-corrected chi connectivity index (χ0v) is 15.5. The minimum Gasteiger partial charge on any atom is -0.320 e. The van der Waals surface area contributed by atoms with Crippen LogP contribution in [0.15, 0.2) is 59.1 Å². The summed E-state index contributed by atoms with van der Waals surface area (Å²) >= 11 is 12.0. The SMILES string of the molecule is NC(c1cc(Cl)ccc1I)c1ccc(Br)c2ccccc12. The Labute approximate surface area is 150 Å². The van der Waals surface area contributed by atoms with Crippen LogP contribution >= 0.6 is 50.1 Å². The Kier molecular flexibility index (Phi) is 4.54. The van der Waals surface area contributed by atoms with Crippen LogP contribution in [0, 0.1) is 3.57 Å². The second kappa shape index (κ2) is 6.24. The van der Waals surface area contributed by atoms with Gasteiger partial charge in [0.15, 0.2) is 0 Å². The molecule has 0 radical (unpaired) electrons. The quantitative estimate of drug-likeness (QED) is 0.461. The molecule has 0 spiro atoms. The van der Waals surface area contributed by atoms with E-state index >= 15 is 0 Å². The Morgan fingerprint density at radius 2 is 1.67 bits per heavy atom. The lowest BCUT2D eigenvalue weighted by Gasteiger charge is -2.17. The summed E-state index contributed by atoms with van der Waals surface area (Å²) < 4.78 is 2.20. The molecule has 3 rings (SSSR count). The van der Waals surface area contributed by atoms with Gasteiger partial charge in [-0.2, -0.15) is 0 Å². The van der Waals surface area contributed by atoms with Crippen LogP contribution in [0.4, 0.5) is 0 Å². The lowest BCUT2D eigenvalue weighted by atomic mass is 9.94. The predicted octanol–water partition coefficient (Wildman–Crippen LogP) is 5.91. The molecular formula is C17H12BrClIN. The van der Waals surface area contributed by atoms with Gasteiger partial charge in [0, 0.05) is 13.1 Å². The molecule has 3 aromatic rings. The Hall–Kier alpha value is -0.620. The third-order valence-electron chi connectivity index (χ3n) is 3.53. The number of rotatable bonds is 2. The van der Waals surface area contributed by atoms with Crippen LogP contribution in [-0.2, 0) is 0 Å². The van der Waals surface area contributed by atoms with Gasteiger partial charge in [-0.05, 0) is 68.8 Å². The number of halogens is 3. The van der Waals surface area contributed by atoms with E-state index < -0.39 is 0 Å². The van der Waals surface area contributed by atoms with Crippen molar-refractivity contribution in [2.75, 3.05) is 0 Å². The van der Waals surface area contributed by atoms with Crippen LogP contribution in [0.5, 0.6) is 0 Å². The van der Waals surface area contributed by atoms with Gasteiger partial charge in [0.1, 0.15) is 0 Å². The van der Waals surface area contributed by atoms with Crippen LogP contribution in [0.1, 0.15) is 17.2 Å². The van der Waals surface area contributed by atoms with Crippen molar-refractivity contribution in [2.45, 2.75) is 6.04 Å². The monoisotopic (exact) mass is 471 g/mol. The maximum atomic E-state index is 6.52. The first-order valence-electron chi connectivity index (χ1n) is 6.45. The summed E-state index contributed by atoms with van der Waals surface area (Å²) in [5.41, 5.74) is 8.68. The Bertz CT molecular complexity index is 819. The zero-order chi connectivity index (χ0) is 15.0. The molecule has 0 heterocycles. The van der Waals surface area contributed by atoms with E-state index in [0.29, 0.717) is 5.02 Å². The molecule has 3 aromatic carbocycles. The summed E-state index contributed by atoms with van der Waals surface area (Å²) in [6.07, 6.45) is 0. The van der Waals surface area contributed by atoms with Crippen molar-refractivity contribution >= 4 is 60.9 Å². The molecule has 0 bridgehead atoms. The standard InChI is InChI=1S/C17H12BrClIN/c18-15-7-6-13(11-3-1-2-4-12(11)15)17(21)14-9-10(19)5-8-16(14)20/h1-9,17H,21H2. The van der Waals surface area contributed by atoms with Crippen LogP contribution in [-0.4, -0.2) is 0 Å². The van der Waals surface area contributed by atoms with E-state index in [-0.39, 0.29) is 6.04 Å². The first-order valence-corrected chi connectivity index (χ1v) is 8.70. The first-order chi connectivity index (χ1) is 10.1. The van der Waals surface area contributed by atoms with Crippen molar-refractivity contribution in [3.63, 3.8) is 0 Å². The summed E-state index contributed by atoms with van der Waals surface area (Å²) in [5, 5.41) is 3.04.